The summed E-state index contributed by atoms with van der Waals surface area (Å²) in [6.07, 6.45) is 1.05. The molecule has 0 saturated carbocycles. The summed E-state index contributed by atoms with van der Waals surface area (Å²) in [6.45, 7) is 5.43. The van der Waals surface area contributed by atoms with Gasteiger partial charge in [0.05, 0.1) is 6.04 Å². The molecule has 2 aromatic rings. The molecule has 0 bridgehead atoms. The minimum atomic E-state index is -0.212. The summed E-state index contributed by atoms with van der Waals surface area (Å²) in [4.78, 5) is 14.7. The van der Waals surface area contributed by atoms with Gasteiger partial charge in [0.15, 0.2) is 0 Å². The van der Waals surface area contributed by atoms with Crippen molar-refractivity contribution in [3.63, 3.8) is 0 Å². The Bertz CT molecular complexity index is 730. The van der Waals surface area contributed by atoms with Gasteiger partial charge < -0.3 is 15.5 Å². The van der Waals surface area contributed by atoms with Crippen molar-refractivity contribution in [1.29, 1.82) is 0 Å². The maximum atomic E-state index is 12.2. The molecule has 1 fully saturated rings. The fourth-order valence-corrected chi connectivity index (χ4v) is 4.17. The van der Waals surface area contributed by atoms with Crippen molar-refractivity contribution in [2.24, 2.45) is 0 Å². The van der Waals surface area contributed by atoms with Gasteiger partial charge in [-0.1, -0.05) is 35.9 Å². The van der Waals surface area contributed by atoms with Crippen LogP contribution in [0.2, 0.25) is 5.02 Å². The zero-order valence-corrected chi connectivity index (χ0v) is 17.2. The summed E-state index contributed by atoms with van der Waals surface area (Å²) in [5.41, 5.74) is 3.11. The molecule has 2 aromatic carbocycles. The number of urea groups is 1. The van der Waals surface area contributed by atoms with Crippen molar-refractivity contribution < 1.29 is 4.79 Å². The molecule has 6 heteroatoms. The van der Waals surface area contributed by atoms with Gasteiger partial charge in [0.2, 0.25) is 0 Å². The molecule has 4 nitrogen and oxygen atoms in total. The van der Waals surface area contributed by atoms with Gasteiger partial charge in [0, 0.05) is 41.8 Å². The van der Waals surface area contributed by atoms with Crippen molar-refractivity contribution in [1.82, 2.24) is 10.2 Å². The first-order chi connectivity index (χ1) is 13.1. The lowest BCUT2D eigenvalue weighted by atomic mass is 10.1. The van der Waals surface area contributed by atoms with E-state index in [0.717, 1.165) is 24.2 Å². The van der Waals surface area contributed by atoms with Crippen LogP contribution in [0.3, 0.4) is 0 Å². The Morgan fingerprint density at radius 1 is 1.11 bits per heavy atom. The van der Waals surface area contributed by atoms with Crippen molar-refractivity contribution in [3.8, 4) is 0 Å². The molecule has 0 aliphatic carbocycles. The number of hydrogen-bond acceptors (Lipinski definition) is 3. The lowest BCUT2D eigenvalue weighted by molar-refractivity contribution is 0.249. The summed E-state index contributed by atoms with van der Waals surface area (Å²) in [7, 11) is 0. The maximum Gasteiger partial charge on any atom is 0.319 e. The Labute approximate surface area is 170 Å². The highest BCUT2D eigenvalue weighted by Gasteiger charge is 2.11. The molecule has 1 aliphatic rings. The van der Waals surface area contributed by atoms with Crippen LogP contribution in [0.15, 0.2) is 48.5 Å². The third kappa shape index (κ3) is 6.45. The van der Waals surface area contributed by atoms with Gasteiger partial charge in [-0.15, -0.1) is 0 Å². The molecule has 144 valence electrons. The van der Waals surface area contributed by atoms with Crippen molar-refractivity contribution in [2.75, 3.05) is 36.5 Å². The average molecular weight is 404 g/mol. The van der Waals surface area contributed by atoms with E-state index in [2.05, 4.69) is 27.7 Å². The quantitative estimate of drug-likeness (QED) is 0.727. The number of nitrogens with one attached hydrogen (secondary N) is 2. The standard InChI is InChI=1S/C21H26ClN3OS/c1-16(18-4-6-19(22)7-5-18)23-21(26)24-20-8-2-17(3-9-20)10-11-25-12-14-27-15-13-25/h2-9,16H,10-15H2,1H3,(H2,23,24,26). The van der Waals surface area contributed by atoms with Crippen LogP contribution in [0.1, 0.15) is 24.1 Å². The van der Waals surface area contributed by atoms with E-state index in [0.29, 0.717) is 5.02 Å². The molecule has 0 aromatic heterocycles. The van der Waals surface area contributed by atoms with Gasteiger partial charge >= 0.3 is 6.03 Å². The second kappa shape index (κ2) is 10.0. The fourth-order valence-electron chi connectivity index (χ4n) is 3.07. The summed E-state index contributed by atoms with van der Waals surface area (Å²) < 4.78 is 0. The largest absolute Gasteiger partial charge is 0.331 e. The molecule has 2 amide bonds. The number of carbonyl (C=O) groups is 1. The number of rotatable bonds is 6. The van der Waals surface area contributed by atoms with E-state index >= 15 is 0 Å². The SMILES string of the molecule is CC(NC(=O)Nc1ccc(CCN2CCSCC2)cc1)c1ccc(Cl)cc1. The highest BCUT2D eigenvalue weighted by molar-refractivity contribution is 7.99. The summed E-state index contributed by atoms with van der Waals surface area (Å²) >= 11 is 7.94. The summed E-state index contributed by atoms with van der Waals surface area (Å²) in [5.74, 6) is 2.48. The number of halogens is 1. The van der Waals surface area contributed by atoms with Crippen molar-refractivity contribution >= 4 is 35.1 Å². The lowest BCUT2D eigenvalue weighted by Gasteiger charge is -2.26. The van der Waals surface area contributed by atoms with Gasteiger partial charge in [-0.25, -0.2) is 4.79 Å². The van der Waals surface area contributed by atoms with Crippen LogP contribution in [0, 0.1) is 0 Å². The van der Waals surface area contributed by atoms with Gasteiger partial charge in [-0.05, 0) is 48.7 Å². The molecule has 2 N–H and O–H groups in total. The summed E-state index contributed by atoms with van der Waals surface area (Å²) in [5, 5.41) is 6.53. The smallest absolute Gasteiger partial charge is 0.319 e. The first-order valence-electron chi connectivity index (χ1n) is 9.32. The van der Waals surface area contributed by atoms with E-state index in [1.807, 2.05) is 55.1 Å². The molecule has 1 unspecified atom stereocenters. The first-order valence-corrected chi connectivity index (χ1v) is 10.9. The van der Waals surface area contributed by atoms with Gasteiger partial charge in [-0.2, -0.15) is 11.8 Å². The molecule has 1 aliphatic heterocycles. The number of nitrogens with zero attached hydrogens (tertiary/aromatic N) is 1. The fraction of sp³-hybridized carbons (Fsp3) is 0.381. The number of anilines is 1. The Hall–Kier alpha value is -1.69. The molecule has 0 radical (unpaired) electrons. The Balaban J connectivity index is 1.45. The van der Waals surface area contributed by atoms with Crippen LogP contribution < -0.4 is 10.6 Å². The minimum Gasteiger partial charge on any atom is -0.331 e. The number of benzene rings is 2. The molecular weight excluding hydrogens is 378 g/mol. The first kappa shape index (κ1) is 20.1. The Kier molecular flexibility index (Phi) is 7.44. The van der Waals surface area contributed by atoms with E-state index in [-0.39, 0.29) is 12.1 Å². The minimum absolute atomic E-state index is 0.0933. The zero-order valence-electron chi connectivity index (χ0n) is 15.6. The highest BCUT2D eigenvalue weighted by Crippen LogP contribution is 2.17. The second-order valence-electron chi connectivity index (χ2n) is 6.77. The van der Waals surface area contributed by atoms with Crippen LogP contribution in [0.4, 0.5) is 10.5 Å². The predicted octanol–water partition coefficient (Wildman–Crippen LogP) is 4.81. The predicted molar refractivity (Wildman–Crippen MR) is 116 cm³/mol. The van der Waals surface area contributed by atoms with Crippen LogP contribution in [-0.4, -0.2) is 42.1 Å². The van der Waals surface area contributed by atoms with Gasteiger partial charge in [0.25, 0.3) is 0 Å². The van der Waals surface area contributed by atoms with Crippen molar-refractivity contribution in [2.45, 2.75) is 19.4 Å². The van der Waals surface area contributed by atoms with E-state index in [1.54, 1.807) is 0 Å². The van der Waals surface area contributed by atoms with Gasteiger partial charge in [0.1, 0.15) is 0 Å². The van der Waals surface area contributed by atoms with E-state index < -0.39 is 0 Å². The molecule has 0 spiro atoms. The summed E-state index contributed by atoms with van der Waals surface area (Å²) in [6, 6.07) is 15.3. The Morgan fingerprint density at radius 2 is 1.78 bits per heavy atom. The monoisotopic (exact) mass is 403 g/mol. The average Bonchev–Trinajstić information content (AvgIpc) is 2.68. The number of amides is 2. The highest BCUT2D eigenvalue weighted by atomic mass is 35.5. The number of thioether (sulfide) groups is 1. The molecule has 27 heavy (non-hydrogen) atoms. The third-order valence-corrected chi connectivity index (χ3v) is 5.94. The third-order valence-electron chi connectivity index (χ3n) is 4.75. The number of hydrogen-bond donors (Lipinski definition) is 2. The molecule has 1 heterocycles. The maximum absolute atomic E-state index is 12.2. The lowest BCUT2D eigenvalue weighted by Crippen LogP contribution is -2.34. The van der Waals surface area contributed by atoms with E-state index in [4.69, 9.17) is 11.6 Å². The zero-order chi connectivity index (χ0) is 19.1. The van der Waals surface area contributed by atoms with E-state index in [9.17, 15) is 4.79 Å². The topological polar surface area (TPSA) is 44.4 Å². The normalized spacial score (nSPS) is 15.9. The molecule has 1 atom stereocenters. The van der Waals surface area contributed by atoms with Crippen LogP contribution in [-0.2, 0) is 6.42 Å². The van der Waals surface area contributed by atoms with Crippen LogP contribution in [0.25, 0.3) is 0 Å². The van der Waals surface area contributed by atoms with Crippen LogP contribution >= 0.6 is 23.4 Å². The molecular formula is C21H26ClN3OS. The van der Waals surface area contributed by atoms with Crippen molar-refractivity contribution in [3.05, 3.63) is 64.7 Å². The van der Waals surface area contributed by atoms with Gasteiger partial charge in [-0.3, -0.25) is 0 Å². The Morgan fingerprint density at radius 3 is 2.44 bits per heavy atom. The number of carbonyl (C=O) groups excluding carboxylic acids is 1. The molecule has 1 saturated heterocycles. The van der Waals surface area contributed by atoms with E-state index in [1.165, 1.54) is 30.2 Å². The molecule has 3 rings (SSSR count). The second-order valence-corrected chi connectivity index (χ2v) is 8.43. The van der Waals surface area contributed by atoms with Crippen LogP contribution in [0.5, 0.6) is 0 Å².